The third-order valence-electron chi connectivity index (χ3n) is 3.59. The standard InChI is InChI=1S/C14H18BrN5O2/c15-11-12(18-20-6-2-3-16-13(11)20)14(21)17-4-1-5-19-7-9-22-10-8-19/h2-3,6H,1,4-5,7-10H2,(H,17,21). The van der Waals surface area contributed by atoms with E-state index in [-0.39, 0.29) is 5.91 Å². The predicted molar refractivity (Wildman–Crippen MR) is 84.9 cm³/mol. The SMILES string of the molecule is O=C(NCCCN1CCOCC1)c1nn2cccnc2c1Br. The van der Waals surface area contributed by atoms with Gasteiger partial charge in [-0.25, -0.2) is 9.50 Å². The van der Waals surface area contributed by atoms with Gasteiger partial charge in [0, 0.05) is 32.0 Å². The monoisotopic (exact) mass is 367 g/mol. The van der Waals surface area contributed by atoms with Crippen molar-refractivity contribution in [3.63, 3.8) is 0 Å². The molecule has 0 aromatic carbocycles. The average molecular weight is 368 g/mol. The lowest BCUT2D eigenvalue weighted by atomic mass is 10.3. The van der Waals surface area contributed by atoms with Crippen LogP contribution in [0.3, 0.4) is 0 Å². The number of ether oxygens (including phenoxy) is 1. The third-order valence-corrected chi connectivity index (χ3v) is 4.32. The van der Waals surface area contributed by atoms with Crippen molar-refractivity contribution >= 4 is 27.5 Å². The van der Waals surface area contributed by atoms with Crippen molar-refractivity contribution < 1.29 is 9.53 Å². The molecule has 118 valence electrons. The maximum atomic E-state index is 12.2. The highest BCUT2D eigenvalue weighted by Crippen LogP contribution is 2.20. The second kappa shape index (κ2) is 7.17. The lowest BCUT2D eigenvalue weighted by Gasteiger charge is -2.26. The van der Waals surface area contributed by atoms with Gasteiger partial charge in [-0.1, -0.05) is 0 Å². The van der Waals surface area contributed by atoms with Gasteiger partial charge in [0.2, 0.25) is 0 Å². The minimum atomic E-state index is -0.181. The Hall–Kier alpha value is -1.51. The highest BCUT2D eigenvalue weighted by atomic mass is 79.9. The number of amides is 1. The van der Waals surface area contributed by atoms with Gasteiger partial charge < -0.3 is 10.1 Å². The van der Waals surface area contributed by atoms with Crippen molar-refractivity contribution in [3.8, 4) is 0 Å². The van der Waals surface area contributed by atoms with Crippen LogP contribution >= 0.6 is 15.9 Å². The quantitative estimate of drug-likeness (QED) is 0.796. The van der Waals surface area contributed by atoms with Gasteiger partial charge in [0.15, 0.2) is 11.3 Å². The molecule has 2 aromatic rings. The molecule has 3 heterocycles. The molecule has 7 nitrogen and oxygen atoms in total. The molecule has 1 N–H and O–H groups in total. The summed E-state index contributed by atoms with van der Waals surface area (Å²) in [7, 11) is 0. The molecule has 0 radical (unpaired) electrons. The van der Waals surface area contributed by atoms with E-state index in [4.69, 9.17) is 4.74 Å². The molecule has 0 aliphatic carbocycles. The van der Waals surface area contributed by atoms with E-state index in [0.717, 1.165) is 39.3 Å². The molecule has 3 rings (SSSR count). The summed E-state index contributed by atoms with van der Waals surface area (Å²) in [5, 5.41) is 7.16. The van der Waals surface area contributed by atoms with E-state index >= 15 is 0 Å². The van der Waals surface area contributed by atoms with Crippen LogP contribution in [0.5, 0.6) is 0 Å². The number of carbonyl (C=O) groups excluding carboxylic acids is 1. The number of nitrogens with zero attached hydrogens (tertiary/aromatic N) is 4. The zero-order valence-electron chi connectivity index (χ0n) is 12.2. The van der Waals surface area contributed by atoms with Gasteiger partial charge in [0.05, 0.1) is 17.7 Å². The second-order valence-electron chi connectivity index (χ2n) is 5.11. The molecule has 8 heteroatoms. The van der Waals surface area contributed by atoms with Crippen molar-refractivity contribution in [2.24, 2.45) is 0 Å². The number of aromatic nitrogens is 3. The molecule has 1 fully saturated rings. The predicted octanol–water partition coefficient (Wildman–Crippen LogP) is 0.944. The van der Waals surface area contributed by atoms with Gasteiger partial charge >= 0.3 is 0 Å². The number of fused-ring (bicyclic) bond motifs is 1. The first-order valence-electron chi connectivity index (χ1n) is 7.33. The number of hydrogen-bond donors (Lipinski definition) is 1. The number of nitrogens with one attached hydrogen (secondary N) is 1. The normalized spacial score (nSPS) is 16.0. The number of hydrogen-bond acceptors (Lipinski definition) is 5. The minimum absolute atomic E-state index is 0.181. The summed E-state index contributed by atoms with van der Waals surface area (Å²) in [6.07, 6.45) is 4.35. The number of carbonyl (C=O) groups is 1. The van der Waals surface area contributed by atoms with Gasteiger partial charge in [0.25, 0.3) is 5.91 Å². The van der Waals surface area contributed by atoms with Crippen molar-refractivity contribution in [1.82, 2.24) is 24.8 Å². The first-order chi connectivity index (χ1) is 10.8. The lowest BCUT2D eigenvalue weighted by Crippen LogP contribution is -2.38. The Morgan fingerprint density at radius 3 is 3.00 bits per heavy atom. The first-order valence-corrected chi connectivity index (χ1v) is 8.12. The van der Waals surface area contributed by atoms with E-state index in [2.05, 4.69) is 36.2 Å². The Kier molecular flexibility index (Phi) is 5.01. The van der Waals surface area contributed by atoms with E-state index in [0.29, 0.717) is 22.4 Å². The molecule has 0 spiro atoms. The molecule has 1 aliphatic heterocycles. The number of morpholine rings is 1. The van der Waals surface area contributed by atoms with Crippen LogP contribution in [-0.2, 0) is 4.74 Å². The molecule has 2 aromatic heterocycles. The Morgan fingerprint density at radius 1 is 1.41 bits per heavy atom. The maximum Gasteiger partial charge on any atom is 0.273 e. The largest absolute Gasteiger partial charge is 0.379 e. The van der Waals surface area contributed by atoms with Gasteiger partial charge in [-0.3, -0.25) is 9.69 Å². The van der Waals surface area contributed by atoms with E-state index < -0.39 is 0 Å². The Morgan fingerprint density at radius 2 is 2.23 bits per heavy atom. The minimum Gasteiger partial charge on any atom is -0.379 e. The van der Waals surface area contributed by atoms with Gasteiger partial charge in [0.1, 0.15) is 0 Å². The molecule has 1 saturated heterocycles. The van der Waals surface area contributed by atoms with Crippen LogP contribution in [0.4, 0.5) is 0 Å². The molecule has 0 saturated carbocycles. The molecule has 0 atom stereocenters. The average Bonchev–Trinajstić information content (AvgIpc) is 2.90. The molecule has 1 amide bonds. The summed E-state index contributed by atoms with van der Waals surface area (Å²) in [6, 6.07) is 1.77. The molecule has 22 heavy (non-hydrogen) atoms. The second-order valence-corrected chi connectivity index (χ2v) is 5.91. The topological polar surface area (TPSA) is 71.8 Å². The smallest absolute Gasteiger partial charge is 0.273 e. The fourth-order valence-corrected chi connectivity index (χ4v) is 2.96. The van der Waals surface area contributed by atoms with Crippen LogP contribution in [0.1, 0.15) is 16.9 Å². The molecule has 1 aliphatic rings. The fraction of sp³-hybridized carbons (Fsp3) is 0.500. The fourth-order valence-electron chi connectivity index (χ4n) is 2.42. The lowest BCUT2D eigenvalue weighted by molar-refractivity contribution is 0.0374. The van der Waals surface area contributed by atoms with E-state index in [1.807, 2.05) is 0 Å². The zero-order valence-corrected chi connectivity index (χ0v) is 13.8. The summed E-state index contributed by atoms with van der Waals surface area (Å²) in [5.74, 6) is -0.181. The van der Waals surface area contributed by atoms with Crippen LogP contribution < -0.4 is 5.32 Å². The van der Waals surface area contributed by atoms with Crippen molar-refractivity contribution in [1.29, 1.82) is 0 Å². The Bertz CT molecular complexity index is 654. The van der Waals surface area contributed by atoms with Gasteiger partial charge in [-0.05, 0) is 35.0 Å². The maximum absolute atomic E-state index is 12.2. The Labute approximate surface area is 136 Å². The van der Waals surface area contributed by atoms with Crippen LogP contribution in [-0.4, -0.2) is 64.8 Å². The van der Waals surface area contributed by atoms with E-state index in [1.54, 1.807) is 23.0 Å². The van der Waals surface area contributed by atoms with Crippen LogP contribution in [0.25, 0.3) is 5.65 Å². The summed E-state index contributed by atoms with van der Waals surface area (Å²) >= 11 is 3.40. The van der Waals surface area contributed by atoms with Crippen LogP contribution in [0.15, 0.2) is 22.9 Å². The molecule has 0 bridgehead atoms. The first kappa shape index (κ1) is 15.4. The number of halogens is 1. The van der Waals surface area contributed by atoms with Crippen LogP contribution in [0, 0.1) is 0 Å². The number of rotatable bonds is 5. The van der Waals surface area contributed by atoms with Crippen molar-refractivity contribution in [2.75, 3.05) is 39.4 Å². The summed E-state index contributed by atoms with van der Waals surface area (Å²) in [4.78, 5) is 18.8. The van der Waals surface area contributed by atoms with Gasteiger partial charge in [-0.15, -0.1) is 0 Å². The van der Waals surface area contributed by atoms with Crippen LogP contribution in [0.2, 0.25) is 0 Å². The molecule has 0 unspecified atom stereocenters. The third kappa shape index (κ3) is 3.45. The summed E-state index contributed by atoms with van der Waals surface area (Å²) in [6.45, 7) is 5.14. The summed E-state index contributed by atoms with van der Waals surface area (Å²) in [5.41, 5.74) is 1.01. The van der Waals surface area contributed by atoms with Crippen molar-refractivity contribution in [3.05, 3.63) is 28.6 Å². The zero-order chi connectivity index (χ0) is 15.4. The Balaban J connectivity index is 1.51. The van der Waals surface area contributed by atoms with E-state index in [1.165, 1.54) is 0 Å². The highest BCUT2D eigenvalue weighted by molar-refractivity contribution is 9.10. The summed E-state index contributed by atoms with van der Waals surface area (Å²) < 4.78 is 7.52. The highest BCUT2D eigenvalue weighted by Gasteiger charge is 2.18. The van der Waals surface area contributed by atoms with Crippen molar-refractivity contribution in [2.45, 2.75) is 6.42 Å². The van der Waals surface area contributed by atoms with E-state index in [9.17, 15) is 4.79 Å². The molecular formula is C14H18BrN5O2. The van der Waals surface area contributed by atoms with Gasteiger partial charge in [-0.2, -0.15) is 5.10 Å². The molecular weight excluding hydrogens is 350 g/mol.